The lowest BCUT2D eigenvalue weighted by Crippen LogP contribution is -2.61. The van der Waals surface area contributed by atoms with Crippen LogP contribution in [-0.2, 0) is 11.2 Å². The molecule has 34 heavy (non-hydrogen) atoms. The van der Waals surface area contributed by atoms with Crippen molar-refractivity contribution in [1.82, 2.24) is 5.32 Å². The minimum atomic E-state index is -0.382. The quantitative estimate of drug-likeness (QED) is 0.464. The second-order valence-corrected chi connectivity index (χ2v) is 9.81. The molecule has 2 heterocycles. The Morgan fingerprint density at radius 2 is 2.03 bits per heavy atom. The number of anilines is 2. The van der Waals surface area contributed by atoms with Crippen molar-refractivity contribution in [3.63, 3.8) is 0 Å². The van der Waals surface area contributed by atoms with Gasteiger partial charge in [-0.2, -0.15) is 0 Å². The van der Waals surface area contributed by atoms with Crippen LogP contribution in [0.5, 0.6) is 5.75 Å². The molecule has 0 aromatic heterocycles. The number of carbonyl (C=O) groups excluding carboxylic acids is 1. The molecule has 2 aromatic rings. The normalized spacial score (nSPS) is 19.4. The minimum Gasteiger partial charge on any atom is -0.495 e. The smallest absolute Gasteiger partial charge is 0.269 e. The van der Waals surface area contributed by atoms with E-state index in [1.165, 1.54) is 0 Å². The van der Waals surface area contributed by atoms with Crippen LogP contribution >= 0.6 is 11.6 Å². The number of halogens is 1. The number of nitrogens with zero attached hydrogens (tertiary/aromatic N) is 3. The van der Waals surface area contributed by atoms with Crippen molar-refractivity contribution in [2.75, 3.05) is 43.1 Å². The van der Waals surface area contributed by atoms with Crippen molar-refractivity contribution in [3.05, 3.63) is 57.1 Å². The Morgan fingerprint density at radius 3 is 2.74 bits per heavy atom. The van der Waals surface area contributed by atoms with Crippen molar-refractivity contribution in [2.45, 2.75) is 32.7 Å². The highest BCUT2D eigenvalue weighted by atomic mass is 35.5. The number of non-ortho nitro benzene ring substituents is 1. The largest absolute Gasteiger partial charge is 0.495 e. The van der Waals surface area contributed by atoms with Crippen LogP contribution in [0.25, 0.3) is 0 Å². The maximum Gasteiger partial charge on any atom is 0.269 e. The molecule has 0 spiro atoms. The summed E-state index contributed by atoms with van der Waals surface area (Å²) in [6.07, 6.45) is 1.37. The van der Waals surface area contributed by atoms with E-state index in [2.05, 4.69) is 29.0 Å². The molecular formula is C25H31ClN4O4. The number of rotatable bonds is 7. The minimum absolute atomic E-state index is 0.00675. The van der Waals surface area contributed by atoms with Crippen LogP contribution in [0.15, 0.2) is 36.4 Å². The van der Waals surface area contributed by atoms with E-state index in [0.29, 0.717) is 43.5 Å². The summed E-state index contributed by atoms with van der Waals surface area (Å²) in [7, 11) is 1.64. The molecule has 8 nitrogen and oxygen atoms in total. The molecule has 1 fully saturated rings. The SMILES string of the molecule is COc1ccc(Cl)cc1N1CCN2c3ccc([N+](=O)[O-])cc3C[C@@H](C(=O)NCCC(C)C)[C@H]2C1. The summed E-state index contributed by atoms with van der Waals surface area (Å²) >= 11 is 6.29. The molecule has 0 saturated carbocycles. The van der Waals surface area contributed by atoms with Gasteiger partial charge in [0.25, 0.3) is 5.69 Å². The van der Waals surface area contributed by atoms with Crippen LogP contribution in [0.4, 0.5) is 17.1 Å². The highest BCUT2D eigenvalue weighted by Gasteiger charge is 2.42. The molecule has 1 amide bonds. The number of hydrogen-bond acceptors (Lipinski definition) is 6. The van der Waals surface area contributed by atoms with Crippen molar-refractivity contribution in [3.8, 4) is 5.75 Å². The number of ether oxygens (including phenoxy) is 1. The van der Waals surface area contributed by atoms with Crippen LogP contribution in [0.3, 0.4) is 0 Å². The number of methoxy groups -OCH3 is 1. The predicted molar refractivity (Wildman–Crippen MR) is 134 cm³/mol. The molecule has 9 heteroatoms. The standard InChI is InChI=1S/C25H31ClN4O4/c1-16(2)8-9-27-25(31)20-13-17-12-19(30(32)33)5-6-21(17)29-11-10-28(15-23(20)29)22-14-18(26)4-7-24(22)34-3/h4-7,12,14,16,20,23H,8-11,13,15H2,1-3H3,(H,27,31)/t20-,23-/m1/s1. The van der Waals surface area contributed by atoms with Crippen LogP contribution in [-0.4, -0.2) is 50.2 Å². The van der Waals surface area contributed by atoms with E-state index in [-0.39, 0.29) is 28.5 Å². The molecule has 2 aliphatic heterocycles. The Labute approximate surface area is 205 Å². The maximum absolute atomic E-state index is 13.3. The maximum atomic E-state index is 13.3. The molecule has 0 bridgehead atoms. The van der Waals surface area contributed by atoms with Crippen molar-refractivity contribution >= 4 is 34.6 Å². The van der Waals surface area contributed by atoms with Crippen molar-refractivity contribution in [2.24, 2.45) is 11.8 Å². The number of nitro groups is 1. The van der Waals surface area contributed by atoms with Crippen molar-refractivity contribution in [1.29, 1.82) is 0 Å². The second-order valence-electron chi connectivity index (χ2n) is 9.38. The Balaban J connectivity index is 1.66. The van der Waals surface area contributed by atoms with Crippen LogP contribution in [0, 0.1) is 22.0 Å². The van der Waals surface area contributed by atoms with Gasteiger partial charge in [-0.1, -0.05) is 25.4 Å². The van der Waals surface area contributed by atoms with Gasteiger partial charge >= 0.3 is 0 Å². The third-order valence-electron chi connectivity index (χ3n) is 6.75. The third kappa shape index (κ3) is 4.92. The Bertz CT molecular complexity index is 1080. The number of hydrogen-bond donors (Lipinski definition) is 1. The molecule has 2 atom stereocenters. The first kappa shape index (κ1) is 24.1. The molecule has 0 unspecified atom stereocenters. The summed E-state index contributed by atoms with van der Waals surface area (Å²) in [4.78, 5) is 28.8. The molecule has 2 aliphatic rings. The highest BCUT2D eigenvalue weighted by Crippen LogP contribution is 2.40. The average molecular weight is 487 g/mol. The molecule has 4 rings (SSSR count). The number of amides is 1. The Morgan fingerprint density at radius 1 is 1.24 bits per heavy atom. The molecule has 1 saturated heterocycles. The summed E-state index contributed by atoms with van der Waals surface area (Å²) in [6, 6.07) is 10.5. The highest BCUT2D eigenvalue weighted by molar-refractivity contribution is 6.31. The van der Waals surface area contributed by atoms with Gasteiger partial charge in [-0.15, -0.1) is 0 Å². The zero-order chi connectivity index (χ0) is 24.4. The number of carbonyl (C=O) groups is 1. The van der Waals surface area contributed by atoms with E-state index >= 15 is 0 Å². The number of benzene rings is 2. The van der Waals surface area contributed by atoms with Gasteiger partial charge in [-0.3, -0.25) is 14.9 Å². The fourth-order valence-corrected chi connectivity index (χ4v) is 5.13. The van der Waals surface area contributed by atoms with E-state index in [9.17, 15) is 14.9 Å². The first-order valence-corrected chi connectivity index (χ1v) is 12.1. The number of nitro benzene ring substituents is 1. The van der Waals surface area contributed by atoms with E-state index < -0.39 is 0 Å². The van der Waals surface area contributed by atoms with Crippen LogP contribution < -0.4 is 19.9 Å². The molecule has 0 radical (unpaired) electrons. The lowest BCUT2D eigenvalue weighted by Gasteiger charge is -2.49. The molecule has 0 aliphatic carbocycles. The van der Waals surface area contributed by atoms with Crippen molar-refractivity contribution < 1.29 is 14.5 Å². The number of fused-ring (bicyclic) bond motifs is 3. The first-order valence-electron chi connectivity index (χ1n) is 11.7. The van der Waals surface area contributed by atoms with E-state index in [0.717, 1.165) is 29.1 Å². The van der Waals surface area contributed by atoms with Gasteiger partial charge in [0.05, 0.1) is 29.7 Å². The molecular weight excluding hydrogens is 456 g/mol. The monoisotopic (exact) mass is 486 g/mol. The summed E-state index contributed by atoms with van der Waals surface area (Å²) in [6.45, 7) is 6.89. The molecule has 182 valence electrons. The predicted octanol–water partition coefficient (Wildman–Crippen LogP) is 4.29. The molecule has 1 N–H and O–H groups in total. The van der Waals surface area contributed by atoms with Gasteiger partial charge in [0.1, 0.15) is 5.75 Å². The van der Waals surface area contributed by atoms with Crippen LogP contribution in [0.2, 0.25) is 5.02 Å². The topological polar surface area (TPSA) is 87.9 Å². The van der Waals surface area contributed by atoms with Gasteiger partial charge in [0.2, 0.25) is 5.91 Å². The van der Waals surface area contributed by atoms with E-state index in [4.69, 9.17) is 16.3 Å². The van der Waals surface area contributed by atoms with Gasteiger partial charge < -0.3 is 19.9 Å². The third-order valence-corrected chi connectivity index (χ3v) is 6.98. The van der Waals surface area contributed by atoms with E-state index in [1.54, 1.807) is 25.3 Å². The fraction of sp³-hybridized carbons (Fsp3) is 0.480. The summed E-state index contributed by atoms with van der Waals surface area (Å²) in [5.74, 6) is 0.900. The summed E-state index contributed by atoms with van der Waals surface area (Å²) < 4.78 is 5.57. The Kier molecular flexibility index (Phi) is 7.16. The number of nitrogens with one attached hydrogen (secondary N) is 1. The Hall–Kier alpha value is -3.00. The number of piperazine rings is 1. The van der Waals surface area contributed by atoms with Gasteiger partial charge in [0.15, 0.2) is 0 Å². The first-order chi connectivity index (χ1) is 16.3. The zero-order valence-corrected chi connectivity index (χ0v) is 20.5. The van der Waals surface area contributed by atoms with Crippen LogP contribution in [0.1, 0.15) is 25.8 Å². The zero-order valence-electron chi connectivity index (χ0n) is 19.8. The molecule has 2 aromatic carbocycles. The lowest BCUT2D eigenvalue weighted by molar-refractivity contribution is -0.384. The van der Waals surface area contributed by atoms with Gasteiger partial charge in [-0.25, -0.2) is 0 Å². The van der Waals surface area contributed by atoms with Gasteiger partial charge in [-0.05, 0) is 48.6 Å². The fourth-order valence-electron chi connectivity index (χ4n) is 4.97. The summed E-state index contributed by atoms with van der Waals surface area (Å²) in [5.41, 5.74) is 2.78. The van der Waals surface area contributed by atoms with E-state index in [1.807, 2.05) is 18.2 Å². The second kappa shape index (κ2) is 10.1. The lowest BCUT2D eigenvalue weighted by atomic mass is 9.83. The average Bonchev–Trinajstić information content (AvgIpc) is 2.82. The summed E-state index contributed by atoms with van der Waals surface area (Å²) in [5, 5.41) is 15.1. The van der Waals surface area contributed by atoms with Gasteiger partial charge in [0, 0.05) is 49.0 Å².